The third-order valence-corrected chi connectivity index (χ3v) is 5.63. The molecular formula is C11H13ClN2O4S. The van der Waals surface area contributed by atoms with Crippen LogP contribution in [0.3, 0.4) is 0 Å². The van der Waals surface area contributed by atoms with Crippen molar-refractivity contribution >= 4 is 27.1 Å². The molecule has 0 radical (unpaired) electrons. The van der Waals surface area contributed by atoms with Crippen molar-refractivity contribution in [2.24, 2.45) is 0 Å². The Labute approximate surface area is 115 Å². The molecule has 2 rings (SSSR count). The van der Waals surface area contributed by atoms with E-state index in [0.29, 0.717) is 13.0 Å². The standard InChI is InChI=1S/C11H13ClN2O4S/c12-10-6-8(3-4-11(10)14(15)16)19(17,18)9-2-1-5-13-7-9/h3-4,6,9,13H,1-2,5,7H2. The van der Waals surface area contributed by atoms with Gasteiger partial charge in [-0.3, -0.25) is 10.1 Å². The number of nitrogens with zero attached hydrogens (tertiary/aromatic N) is 1. The molecule has 8 heteroatoms. The lowest BCUT2D eigenvalue weighted by Crippen LogP contribution is -2.38. The lowest BCUT2D eigenvalue weighted by molar-refractivity contribution is -0.384. The highest BCUT2D eigenvalue weighted by atomic mass is 35.5. The third-order valence-electron chi connectivity index (χ3n) is 3.13. The first-order chi connectivity index (χ1) is 8.93. The van der Waals surface area contributed by atoms with Crippen LogP contribution in [-0.2, 0) is 9.84 Å². The molecule has 1 aromatic carbocycles. The number of halogens is 1. The van der Waals surface area contributed by atoms with E-state index in [-0.39, 0.29) is 15.6 Å². The maximum absolute atomic E-state index is 12.4. The highest BCUT2D eigenvalue weighted by molar-refractivity contribution is 7.92. The van der Waals surface area contributed by atoms with Gasteiger partial charge in [0.05, 0.1) is 15.1 Å². The van der Waals surface area contributed by atoms with E-state index in [1.54, 1.807) is 0 Å². The van der Waals surface area contributed by atoms with Crippen molar-refractivity contribution in [3.05, 3.63) is 33.3 Å². The fourth-order valence-electron chi connectivity index (χ4n) is 2.09. The molecule has 0 aromatic heterocycles. The van der Waals surface area contributed by atoms with E-state index in [1.165, 1.54) is 6.07 Å². The SMILES string of the molecule is O=[N+]([O-])c1ccc(S(=O)(=O)C2CCCNC2)cc1Cl. The Morgan fingerprint density at radius 2 is 2.16 bits per heavy atom. The molecule has 1 fully saturated rings. The molecule has 0 spiro atoms. The van der Waals surface area contributed by atoms with Gasteiger partial charge < -0.3 is 5.32 Å². The maximum Gasteiger partial charge on any atom is 0.287 e. The van der Waals surface area contributed by atoms with E-state index >= 15 is 0 Å². The van der Waals surface area contributed by atoms with Crippen molar-refractivity contribution in [2.75, 3.05) is 13.1 Å². The quantitative estimate of drug-likeness (QED) is 0.679. The summed E-state index contributed by atoms with van der Waals surface area (Å²) in [6, 6.07) is 3.53. The zero-order chi connectivity index (χ0) is 14.0. The van der Waals surface area contributed by atoms with E-state index in [1.807, 2.05) is 0 Å². The van der Waals surface area contributed by atoms with Gasteiger partial charge in [0.15, 0.2) is 9.84 Å². The maximum atomic E-state index is 12.4. The molecule has 6 nitrogen and oxygen atoms in total. The fraction of sp³-hybridized carbons (Fsp3) is 0.455. The molecule has 0 aliphatic carbocycles. The molecule has 1 unspecified atom stereocenters. The summed E-state index contributed by atoms with van der Waals surface area (Å²) in [5, 5.41) is 13.0. The van der Waals surface area contributed by atoms with Crippen molar-refractivity contribution in [1.29, 1.82) is 0 Å². The molecule has 1 N–H and O–H groups in total. The Kier molecular flexibility index (Phi) is 4.07. The molecule has 0 saturated carbocycles. The van der Waals surface area contributed by atoms with Gasteiger partial charge in [0.1, 0.15) is 5.02 Å². The molecule has 19 heavy (non-hydrogen) atoms. The summed E-state index contributed by atoms with van der Waals surface area (Å²) in [7, 11) is -3.50. The molecule has 0 amide bonds. The number of rotatable bonds is 3. The molecule has 0 bridgehead atoms. The summed E-state index contributed by atoms with van der Waals surface area (Å²) in [4.78, 5) is 10.0. The van der Waals surface area contributed by atoms with Crippen LogP contribution in [0.1, 0.15) is 12.8 Å². The van der Waals surface area contributed by atoms with Crippen molar-refractivity contribution < 1.29 is 13.3 Å². The average Bonchev–Trinajstić information content (AvgIpc) is 2.39. The van der Waals surface area contributed by atoms with Gasteiger partial charge in [0.25, 0.3) is 5.69 Å². The Bertz CT molecular complexity index is 597. The van der Waals surface area contributed by atoms with E-state index in [2.05, 4.69) is 5.32 Å². The molecular weight excluding hydrogens is 292 g/mol. The Morgan fingerprint density at radius 1 is 1.42 bits per heavy atom. The number of nitrogens with one attached hydrogen (secondary N) is 1. The minimum Gasteiger partial charge on any atom is -0.315 e. The van der Waals surface area contributed by atoms with Crippen LogP contribution in [0.25, 0.3) is 0 Å². The van der Waals surface area contributed by atoms with E-state index < -0.39 is 20.0 Å². The lowest BCUT2D eigenvalue weighted by Gasteiger charge is -2.22. The van der Waals surface area contributed by atoms with Crippen molar-refractivity contribution in [3.8, 4) is 0 Å². The third kappa shape index (κ3) is 2.88. The van der Waals surface area contributed by atoms with Gasteiger partial charge in [0, 0.05) is 12.6 Å². The monoisotopic (exact) mass is 304 g/mol. The van der Waals surface area contributed by atoms with E-state index in [4.69, 9.17) is 11.6 Å². The van der Waals surface area contributed by atoms with Crippen LogP contribution in [0.15, 0.2) is 23.1 Å². The molecule has 1 aromatic rings. The van der Waals surface area contributed by atoms with E-state index in [9.17, 15) is 18.5 Å². The van der Waals surface area contributed by atoms with Crippen LogP contribution in [-0.4, -0.2) is 31.7 Å². The predicted molar refractivity (Wildman–Crippen MR) is 71.2 cm³/mol. The first-order valence-corrected chi connectivity index (χ1v) is 7.74. The first kappa shape index (κ1) is 14.2. The molecule has 1 saturated heterocycles. The summed E-state index contributed by atoms with van der Waals surface area (Å²) in [6.45, 7) is 1.21. The number of sulfone groups is 1. The average molecular weight is 305 g/mol. The second-order valence-corrected chi connectivity index (χ2v) is 7.02. The van der Waals surface area contributed by atoms with Crippen LogP contribution < -0.4 is 5.32 Å². The van der Waals surface area contributed by atoms with E-state index in [0.717, 1.165) is 25.1 Å². The number of piperidine rings is 1. The molecule has 104 valence electrons. The van der Waals surface area contributed by atoms with Crippen molar-refractivity contribution in [1.82, 2.24) is 5.32 Å². The molecule has 1 heterocycles. The van der Waals surface area contributed by atoms with Gasteiger partial charge in [-0.25, -0.2) is 8.42 Å². The minimum absolute atomic E-state index is 0.0387. The Hall–Kier alpha value is -1.18. The predicted octanol–water partition coefficient (Wildman–Crippen LogP) is 1.77. The van der Waals surface area contributed by atoms with Gasteiger partial charge in [-0.05, 0) is 31.5 Å². The number of hydrogen-bond acceptors (Lipinski definition) is 5. The molecule has 1 aliphatic heterocycles. The topological polar surface area (TPSA) is 89.3 Å². The Balaban J connectivity index is 2.35. The zero-order valence-corrected chi connectivity index (χ0v) is 11.6. The zero-order valence-electron chi connectivity index (χ0n) is 10.0. The second-order valence-electron chi connectivity index (χ2n) is 4.38. The van der Waals surface area contributed by atoms with Gasteiger partial charge in [-0.1, -0.05) is 11.6 Å². The first-order valence-electron chi connectivity index (χ1n) is 5.81. The van der Waals surface area contributed by atoms with Crippen LogP contribution in [0.2, 0.25) is 5.02 Å². The van der Waals surface area contributed by atoms with Gasteiger partial charge in [-0.15, -0.1) is 0 Å². The smallest absolute Gasteiger partial charge is 0.287 e. The van der Waals surface area contributed by atoms with Crippen molar-refractivity contribution in [3.63, 3.8) is 0 Å². The summed E-state index contributed by atoms with van der Waals surface area (Å²) in [5.41, 5.74) is -0.289. The number of nitro benzene ring substituents is 1. The summed E-state index contributed by atoms with van der Waals surface area (Å²) in [6.07, 6.45) is 1.38. The Morgan fingerprint density at radius 3 is 2.68 bits per heavy atom. The van der Waals surface area contributed by atoms with Gasteiger partial charge in [-0.2, -0.15) is 0 Å². The van der Waals surface area contributed by atoms with Crippen LogP contribution in [0.5, 0.6) is 0 Å². The summed E-state index contributed by atoms with van der Waals surface area (Å²) in [5.74, 6) is 0. The highest BCUT2D eigenvalue weighted by Crippen LogP contribution is 2.29. The summed E-state index contributed by atoms with van der Waals surface area (Å²) < 4.78 is 24.7. The van der Waals surface area contributed by atoms with Crippen LogP contribution >= 0.6 is 11.6 Å². The minimum atomic E-state index is -3.50. The molecule has 1 atom stereocenters. The van der Waals surface area contributed by atoms with Gasteiger partial charge in [0.2, 0.25) is 0 Å². The second kappa shape index (κ2) is 5.44. The number of benzene rings is 1. The lowest BCUT2D eigenvalue weighted by atomic mass is 10.2. The largest absolute Gasteiger partial charge is 0.315 e. The van der Waals surface area contributed by atoms with Crippen molar-refractivity contribution in [2.45, 2.75) is 23.0 Å². The number of hydrogen-bond donors (Lipinski definition) is 1. The highest BCUT2D eigenvalue weighted by Gasteiger charge is 2.30. The normalized spacial score (nSPS) is 20.2. The van der Waals surface area contributed by atoms with Crippen LogP contribution in [0, 0.1) is 10.1 Å². The summed E-state index contributed by atoms with van der Waals surface area (Å²) >= 11 is 5.75. The fourth-order valence-corrected chi connectivity index (χ4v) is 4.14. The number of nitro groups is 1. The van der Waals surface area contributed by atoms with Crippen LogP contribution in [0.4, 0.5) is 5.69 Å². The van der Waals surface area contributed by atoms with Gasteiger partial charge >= 0.3 is 0 Å². The molecule has 1 aliphatic rings.